The van der Waals surface area contributed by atoms with Crippen LogP contribution in [0.25, 0.3) is 11.1 Å². The monoisotopic (exact) mass is 537 g/mol. The molecule has 3 heterocycles. The molecule has 5 unspecified atom stereocenters. The highest BCUT2D eigenvalue weighted by Crippen LogP contribution is 2.42. The van der Waals surface area contributed by atoms with Crippen molar-refractivity contribution in [1.82, 2.24) is 10.3 Å². The van der Waals surface area contributed by atoms with Gasteiger partial charge in [-0.15, -0.1) is 0 Å². The molecule has 204 valence electrons. The van der Waals surface area contributed by atoms with Gasteiger partial charge < -0.3 is 15.4 Å². The van der Waals surface area contributed by atoms with E-state index in [2.05, 4.69) is 102 Å². The van der Waals surface area contributed by atoms with E-state index in [4.69, 9.17) is 9.72 Å². The zero-order chi connectivity index (χ0) is 27.2. The van der Waals surface area contributed by atoms with E-state index in [1.165, 1.54) is 34.4 Å². The van der Waals surface area contributed by atoms with Crippen LogP contribution in [-0.4, -0.2) is 11.0 Å². The lowest BCUT2D eigenvalue weighted by molar-refractivity contribution is 0.260. The minimum atomic E-state index is -0.138. The minimum Gasteiger partial charge on any atom is -0.464 e. The first-order chi connectivity index (χ1) is 20.3. The summed E-state index contributed by atoms with van der Waals surface area (Å²) >= 11 is 0. The van der Waals surface area contributed by atoms with E-state index in [1.807, 2.05) is 18.2 Å². The highest BCUT2D eigenvalue weighted by atomic mass is 16.5. The molecule has 2 N–H and O–H groups in total. The van der Waals surface area contributed by atoms with Crippen molar-refractivity contribution in [3.05, 3.63) is 137 Å². The van der Waals surface area contributed by atoms with Crippen LogP contribution in [0.3, 0.4) is 0 Å². The summed E-state index contributed by atoms with van der Waals surface area (Å²) in [5.41, 5.74) is 9.87. The third-order valence-electron chi connectivity index (χ3n) is 9.30. The Labute approximate surface area is 242 Å². The van der Waals surface area contributed by atoms with Crippen molar-refractivity contribution in [1.29, 1.82) is 0 Å². The molecule has 3 aromatic rings. The van der Waals surface area contributed by atoms with Crippen LogP contribution in [0.4, 0.5) is 5.69 Å². The van der Waals surface area contributed by atoms with Gasteiger partial charge in [-0.1, -0.05) is 91.1 Å². The number of rotatable bonds is 4. The van der Waals surface area contributed by atoms with Gasteiger partial charge in [-0.05, 0) is 84.4 Å². The van der Waals surface area contributed by atoms with Crippen molar-refractivity contribution in [2.24, 2.45) is 11.8 Å². The van der Waals surface area contributed by atoms with E-state index in [0.717, 1.165) is 48.4 Å². The molecule has 2 aliphatic heterocycles. The van der Waals surface area contributed by atoms with Gasteiger partial charge in [0.1, 0.15) is 5.75 Å². The van der Waals surface area contributed by atoms with Gasteiger partial charge >= 0.3 is 0 Å². The number of hydrogen-bond acceptors (Lipinski definition) is 4. The Morgan fingerprint density at radius 2 is 1.85 bits per heavy atom. The Morgan fingerprint density at radius 1 is 0.902 bits per heavy atom. The minimum absolute atomic E-state index is 0.138. The summed E-state index contributed by atoms with van der Waals surface area (Å²) in [5, 5.41) is 7.58. The molecule has 4 nitrogen and oxygen atoms in total. The summed E-state index contributed by atoms with van der Waals surface area (Å²) in [6, 6.07) is 22.0. The van der Waals surface area contributed by atoms with Crippen LogP contribution in [-0.2, 0) is 6.42 Å². The zero-order valence-corrected chi connectivity index (χ0v) is 23.2. The number of benzene rings is 2. The predicted octanol–water partition coefficient (Wildman–Crippen LogP) is 8.11. The summed E-state index contributed by atoms with van der Waals surface area (Å²) < 4.78 is 6.17. The van der Waals surface area contributed by atoms with E-state index >= 15 is 0 Å². The molecule has 5 atom stereocenters. The van der Waals surface area contributed by atoms with Gasteiger partial charge in [0.2, 0.25) is 0 Å². The Kier molecular flexibility index (Phi) is 6.22. The molecule has 0 saturated carbocycles. The standard InChI is InChI=1S/C37H35N3O/c1-3-7-25(8-4-1)31-20-17-27-15-16-28-18-21-32(39-36(28)35(27)38-31)26-13-11-24(12-14-26)30-19-22-34-33(23-30)40-37(41-34)29-9-5-2-6-10-29/h1-3,5-7,9-13,17-23,26,28,32,36-37,39-40H,4,8,14-16H2. The molecule has 5 aliphatic rings. The molecule has 0 saturated heterocycles. The first-order valence-electron chi connectivity index (χ1n) is 15.1. The van der Waals surface area contributed by atoms with Crippen LogP contribution in [0, 0.1) is 11.8 Å². The number of aromatic nitrogens is 1. The summed E-state index contributed by atoms with van der Waals surface area (Å²) in [6.45, 7) is 0. The number of nitrogens with zero attached hydrogens (tertiary/aromatic N) is 1. The van der Waals surface area contributed by atoms with Crippen LogP contribution in [0.2, 0.25) is 0 Å². The van der Waals surface area contributed by atoms with Gasteiger partial charge in [-0.2, -0.15) is 0 Å². The summed E-state index contributed by atoms with van der Waals surface area (Å²) in [5.74, 6) is 1.85. The second kappa shape index (κ2) is 10.4. The second-order valence-electron chi connectivity index (χ2n) is 11.8. The molecule has 0 amide bonds. The molecule has 4 heteroatoms. The maximum absolute atomic E-state index is 6.17. The van der Waals surface area contributed by atoms with Gasteiger partial charge in [0, 0.05) is 11.6 Å². The van der Waals surface area contributed by atoms with Gasteiger partial charge in [0.15, 0.2) is 6.23 Å². The van der Waals surface area contributed by atoms with E-state index in [1.54, 1.807) is 0 Å². The summed E-state index contributed by atoms with van der Waals surface area (Å²) in [6.07, 6.45) is 24.0. The zero-order valence-electron chi connectivity index (χ0n) is 23.2. The van der Waals surface area contributed by atoms with Crippen LogP contribution in [0.5, 0.6) is 5.75 Å². The first-order valence-corrected chi connectivity index (χ1v) is 15.1. The molecule has 0 bridgehead atoms. The molecule has 0 fully saturated rings. The highest BCUT2D eigenvalue weighted by Gasteiger charge is 2.35. The molecule has 41 heavy (non-hydrogen) atoms. The van der Waals surface area contributed by atoms with Crippen molar-refractivity contribution >= 4 is 16.8 Å². The van der Waals surface area contributed by atoms with Crippen molar-refractivity contribution < 1.29 is 4.74 Å². The molecular weight excluding hydrogens is 502 g/mol. The van der Waals surface area contributed by atoms with E-state index < -0.39 is 0 Å². The highest BCUT2D eigenvalue weighted by molar-refractivity contribution is 5.79. The van der Waals surface area contributed by atoms with Crippen molar-refractivity contribution in [2.75, 3.05) is 5.32 Å². The number of pyridine rings is 1. The fraction of sp³-hybridized carbons (Fsp3) is 0.270. The van der Waals surface area contributed by atoms with Crippen molar-refractivity contribution in [2.45, 2.75) is 50.4 Å². The molecular formula is C37H35N3O. The Hall–Kier alpha value is -4.15. The van der Waals surface area contributed by atoms with E-state index in [0.29, 0.717) is 17.9 Å². The normalized spacial score (nSPS) is 27.6. The number of anilines is 1. The van der Waals surface area contributed by atoms with Crippen LogP contribution >= 0.6 is 0 Å². The smallest absolute Gasteiger partial charge is 0.196 e. The summed E-state index contributed by atoms with van der Waals surface area (Å²) in [4.78, 5) is 5.26. The molecule has 0 radical (unpaired) electrons. The first kappa shape index (κ1) is 24.6. The number of aryl methyl sites for hydroxylation is 1. The SMILES string of the molecule is C1=CCCC(c2ccc3c(n2)C2NC(C4C=CC(c5ccc6c(c5)NC(c5ccccc5)O6)=CC4)C=CC2CC3)=C1. The Balaban J connectivity index is 0.972. The quantitative estimate of drug-likeness (QED) is 0.330. The summed E-state index contributed by atoms with van der Waals surface area (Å²) in [7, 11) is 0. The largest absolute Gasteiger partial charge is 0.464 e. The number of fused-ring (bicyclic) bond motifs is 4. The fourth-order valence-electron chi connectivity index (χ4n) is 6.99. The second-order valence-corrected chi connectivity index (χ2v) is 11.8. The maximum atomic E-state index is 6.17. The fourth-order valence-corrected chi connectivity index (χ4v) is 6.99. The average molecular weight is 538 g/mol. The number of hydrogen-bond donors (Lipinski definition) is 2. The van der Waals surface area contributed by atoms with E-state index in [9.17, 15) is 0 Å². The van der Waals surface area contributed by atoms with Crippen LogP contribution in [0.15, 0.2) is 109 Å². The number of ether oxygens (including phenoxy) is 1. The lowest BCUT2D eigenvalue weighted by Crippen LogP contribution is -2.44. The van der Waals surface area contributed by atoms with Crippen molar-refractivity contribution in [3.63, 3.8) is 0 Å². The van der Waals surface area contributed by atoms with Gasteiger partial charge in [-0.3, -0.25) is 4.98 Å². The van der Waals surface area contributed by atoms with Crippen LogP contribution in [0.1, 0.15) is 66.0 Å². The molecule has 0 spiro atoms. The predicted molar refractivity (Wildman–Crippen MR) is 166 cm³/mol. The van der Waals surface area contributed by atoms with Gasteiger partial charge in [-0.25, -0.2) is 0 Å². The van der Waals surface area contributed by atoms with Gasteiger partial charge in [0.25, 0.3) is 0 Å². The third kappa shape index (κ3) is 4.66. The Morgan fingerprint density at radius 3 is 2.71 bits per heavy atom. The Bertz CT molecular complexity index is 1630. The lowest BCUT2D eigenvalue weighted by Gasteiger charge is -2.39. The third-order valence-corrected chi connectivity index (χ3v) is 9.30. The van der Waals surface area contributed by atoms with Gasteiger partial charge in [0.05, 0.1) is 23.1 Å². The average Bonchev–Trinajstić information content (AvgIpc) is 3.49. The maximum Gasteiger partial charge on any atom is 0.196 e. The molecule has 2 aromatic carbocycles. The molecule has 1 aromatic heterocycles. The number of allylic oxidation sites excluding steroid dienone is 7. The van der Waals surface area contributed by atoms with Crippen molar-refractivity contribution in [3.8, 4) is 5.75 Å². The lowest BCUT2D eigenvalue weighted by atomic mass is 9.77. The molecule has 8 rings (SSSR count). The topological polar surface area (TPSA) is 46.2 Å². The number of nitrogens with one attached hydrogen (secondary N) is 2. The molecule has 3 aliphatic carbocycles. The van der Waals surface area contributed by atoms with E-state index in [-0.39, 0.29) is 12.3 Å². The van der Waals surface area contributed by atoms with Crippen LogP contribution < -0.4 is 15.4 Å².